The van der Waals surface area contributed by atoms with Gasteiger partial charge in [0.25, 0.3) is 5.91 Å². The van der Waals surface area contributed by atoms with Crippen LogP contribution in [0.1, 0.15) is 46.0 Å². The molecule has 26 heavy (non-hydrogen) atoms. The molecule has 1 aromatic carbocycles. The lowest BCUT2D eigenvalue weighted by atomic mass is 10.1. The molecule has 0 bridgehead atoms. The van der Waals surface area contributed by atoms with Crippen molar-refractivity contribution < 1.29 is 23.9 Å². The molecule has 7 heteroatoms. The highest BCUT2D eigenvalue weighted by Gasteiger charge is 2.48. The summed E-state index contributed by atoms with van der Waals surface area (Å²) in [4.78, 5) is 51.5. The Balaban J connectivity index is 1.80. The minimum Gasteiger partial charge on any atom is -0.427 e. The van der Waals surface area contributed by atoms with E-state index in [1.54, 1.807) is 17.0 Å². The molecule has 2 fully saturated rings. The Morgan fingerprint density at radius 1 is 1.19 bits per heavy atom. The number of benzene rings is 1. The zero-order chi connectivity index (χ0) is 18.8. The standard InChI is InChI=1S/C19H22N2O5/c1-3-4-17(23)20(13-5-6-13)16-11-18(24)21(19(16)25)14-7-9-15(10-8-14)26-12(2)22/h7-10,13,16H,3-6,11H2,1-2H3. The van der Waals surface area contributed by atoms with E-state index in [-0.39, 0.29) is 30.2 Å². The van der Waals surface area contributed by atoms with Gasteiger partial charge in [0.1, 0.15) is 11.8 Å². The molecule has 1 saturated heterocycles. The van der Waals surface area contributed by atoms with Crippen molar-refractivity contribution in [3.63, 3.8) is 0 Å². The number of esters is 1. The first-order valence-electron chi connectivity index (χ1n) is 8.88. The van der Waals surface area contributed by atoms with E-state index in [1.807, 2.05) is 6.92 Å². The van der Waals surface area contributed by atoms with E-state index in [2.05, 4.69) is 0 Å². The molecule has 1 heterocycles. The molecular weight excluding hydrogens is 336 g/mol. The van der Waals surface area contributed by atoms with Crippen LogP contribution in [0.25, 0.3) is 0 Å². The number of anilines is 1. The maximum Gasteiger partial charge on any atom is 0.308 e. The average molecular weight is 358 g/mol. The van der Waals surface area contributed by atoms with Crippen LogP contribution in [0.2, 0.25) is 0 Å². The van der Waals surface area contributed by atoms with E-state index < -0.39 is 12.0 Å². The quantitative estimate of drug-likeness (QED) is 0.441. The second-order valence-corrected chi connectivity index (χ2v) is 6.66. The molecular formula is C19H22N2O5. The number of imide groups is 1. The first-order valence-corrected chi connectivity index (χ1v) is 8.88. The zero-order valence-corrected chi connectivity index (χ0v) is 14.9. The molecule has 1 aliphatic heterocycles. The van der Waals surface area contributed by atoms with E-state index in [1.165, 1.54) is 19.1 Å². The normalized spacial score (nSPS) is 19.6. The number of nitrogens with zero attached hydrogens (tertiary/aromatic N) is 2. The molecule has 0 aromatic heterocycles. The van der Waals surface area contributed by atoms with Crippen molar-refractivity contribution in [3.8, 4) is 5.75 Å². The minimum atomic E-state index is -0.720. The van der Waals surface area contributed by atoms with Crippen LogP contribution in [0.5, 0.6) is 5.75 Å². The maximum absolute atomic E-state index is 12.9. The first kappa shape index (κ1) is 18.1. The van der Waals surface area contributed by atoms with E-state index >= 15 is 0 Å². The molecule has 1 unspecified atom stereocenters. The van der Waals surface area contributed by atoms with Gasteiger partial charge in [0.15, 0.2) is 0 Å². The van der Waals surface area contributed by atoms with Gasteiger partial charge < -0.3 is 9.64 Å². The highest BCUT2D eigenvalue weighted by Crippen LogP contribution is 2.35. The Labute approximate surface area is 151 Å². The van der Waals surface area contributed by atoms with Gasteiger partial charge >= 0.3 is 5.97 Å². The van der Waals surface area contributed by atoms with Crippen molar-refractivity contribution in [1.82, 2.24) is 4.90 Å². The third-order valence-electron chi connectivity index (χ3n) is 4.51. The highest BCUT2D eigenvalue weighted by atomic mass is 16.5. The molecule has 3 rings (SSSR count). The van der Waals surface area contributed by atoms with Gasteiger partial charge in [-0.1, -0.05) is 6.92 Å². The summed E-state index contributed by atoms with van der Waals surface area (Å²) in [5.41, 5.74) is 0.414. The van der Waals surface area contributed by atoms with Gasteiger partial charge in [-0.05, 0) is 43.5 Å². The lowest BCUT2D eigenvalue weighted by Crippen LogP contribution is -2.46. The van der Waals surface area contributed by atoms with Crippen LogP contribution in [-0.4, -0.2) is 40.7 Å². The second-order valence-electron chi connectivity index (χ2n) is 6.66. The topological polar surface area (TPSA) is 84.0 Å². The van der Waals surface area contributed by atoms with Crippen LogP contribution in [0.15, 0.2) is 24.3 Å². The van der Waals surface area contributed by atoms with Gasteiger partial charge in [-0.25, -0.2) is 4.90 Å². The van der Waals surface area contributed by atoms with Crippen molar-refractivity contribution >= 4 is 29.4 Å². The Morgan fingerprint density at radius 3 is 2.38 bits per heavy atom. The summed E-state index contributed by atoms with van der Waals surface area (Å²) in [7, 11) is 0. The zero-order valence-electron chi connectivity index (χ0n) is 14.9. The SMILES string of the molecule is CCCC(=O)N(C1CC1)C1CC(=O)N(c2ccc(OC(C)=O)cc2)C1=O. The number of rotatable bonds is 6. The highest BCUT2D eigenvalue weighted by molar-refractivity contribution is 6.23. The molecule has 1 aromatic rings. The molecule has 3 amide bonds. The first-order chi connectivity index (χ1) is 12.4. The number of amides is 3. The van der Waals surface area contributed by atoms with Crippen LogP contribution in [-0.2, 0) is 19.2 Å². The van der Waals surface area contributed by atoms with Crippen LogP contribution < -0.4 is 9.64 Å². The summed E-state index contributed by atoms with van der Waals surface area (Å²) in [5.74, 6) is -0.856. The van der Waals surface area contributed by atoms with Crippen LogP contribution in [0, 0.1) is 0 Å². The summed E-state index contributed by atoms with van der Waals surface area (Å²) in [5, 5.41) is 0. The van der Waals surface area contributed by atoms with E-state index in [4.69, 9.17) is 4.74 Å². The fourth-order valence-electron chi connectivity index (χ4n) is 3.26. The van der Waals surface area contributed by atoms with Crippen molar-refractivity contribution in [2.45, 2.75) is 58.0 Å². The average Bonchev–Trinajstić information content (AvgIpc) is 3.36. The Kier molecular flexibility index (Phi) is 5.06. The summed E-state index contributed by atoms with van der Waals surface area (Å²) in [6, 6.07) is 5.54. The van der Waals surface area contributed by atoms with Crippen molar-refractivity contribution in [1.29, 1.82) is 0 Å². The monoisotopic (exact) mass is 358 g/mol. The summed E-state index contributed by atoms with van der Waals surface area (Å²) in [6.07, 6.45) is 2.86. The fraction of sp³-hybridized carbons (Fsp3) is 0.474. The van der Waals surface area contributed by atoms with Gasteiger partial charge in [-0.3, -0.25) is 19.2 Å². The second kappa shape index (κ2) is 7.27. The molecule has 138 valence electrons. The van der Waals surface area contributed by atoms with Crippen LogP contribution >= 0.6 is 0 Å². The number of hydrogen-bond acceptors (Lipinski definition) is 5. The molecule has 7 nitrogen and oxygen atoms in total. The molecule has 1 atom stereocenters. The van der Waals surface area contributed by atoms with Crippen molar-refractivity contribution in [3.05, 3.63) is 24.3 Å². The minimum absolute atomic E-state index is 0.0104. The van der Waals surface area contributed by atoms with E-state index in [0.717, 1.165) is 17.7 Å². The summed E-state index contributed by atoms with van der Waals surface area (Å²) >= 11 is 0. The fourth-order valence-corrected chi connectivity index (χ4v) is 3.26. The molecule has 0 N–H and O–H groups in total. The van der Waals surface area contributed by atoms with Crippen molar-refractivity contribution in [2.24, 2.45) is 0 Å². The Morgan fingerprint density at radius 2 is 1.85 bits per heavy atom. The smallest absolute Gasteiger partial charge is 0.308 e. The number of ether oxygens (including phenoxy) is 1. The number of hydrogen-bond donors (Lipinski definition) is 0. The lowest BCUT2D eigenvalue weighted by molar-refractivity contribution is -0.139. The van der Waals surface area contributed by atoms with E-state index in [9.17, 15) is 19.2 Å². The van der Waals surface area contributed by atoms with Gasteiger partial charge in [0.05, 0.1) is 12.1 Å². The molecule has 1 saturated carbocycles. The van der Waals surface area contributed by atoms with Gasteiger partial charge in [0.2, 0.25) is 11.8 Å². The largest absolute Gasteiger partial charge is 0.427 e. The molecule has 0 radical (unpaired) electrons. The predicted molar refractivity (Wildman–Crippen MR) is 93.4 cm³/mol. The summed E-state index contributed by atoms with van der Waals surface area (Å²) in [6.45, 7) is 3.22. The third-order valence-corrected chi connectivity index (χ3v) is 4.51. The molecule has 2 aliphatic rings. The Hall–Kier alpha value is -2.70. The molecule has 1 aliphatic carbocycles. The maximum atomic E-state index is 12.9. The summed E-state index contributed by atoms with van der Waals surface area (Å²) < 4.78 is 4.96. The molecule has 0 spiro atoms. The number of carbonyl (C=O) groups excluding carboxylic acids is 4. The van der Waals surface area contributed by atoms with Gasteiger partial charge in [0, 0.05) is 19.4 Å². The van der Waals surface area contributed by atoms with E-state index in [0.29, 0.717) is 24.3 Å². The van der Waals surface area contributed by atoms with Crippen LogP contribution in [0.4, 0.5) is 5.69 Å². The Bertz CT molecular complexity index is 739. The van der Waals surface area contributed by atoms with Crippen LogP contribution in [0.3, 0.4) is 0 Å². The predicted octanol–water partition coefficient (Wildman–Crippen LogP) is 2.03. The lowest BCUT2D eigenvalue weighted by Gasteiger charge is -2.27. The number of carbonyl (C=O) groups is 4. The van der Waals surface area contributed by atoms with Crippen molar-refractivity contribution in [2.75, 3.05) is 4.90 Å². The third kappa shape index (κ3) is 3.61. The van der Waals surface area contributed by atoms with Gasteiger partial charge in [-0.15, -0.1) is 0 Å². The van der Waals surface area contributed by atoms with Gasteiger partial charge in [-0.2, -0.15) is 0 Å².